The van der Waals surface area contributed by atoms with Crippen LogP contribution in [0.15, 0.2) is 30.9 Å². The van der Waals surface area contributed by atoms with E-state index in [4.69, 9.17) is 0 Å². The molecule has 5 nitrogen and oxygen atoms in total. The van der Waals surface area contributed by atoms with E-state index in [2.05, 4.69) is 46.4 Å². The molecule has 1 atom stereocenters. The highest BCUT2D eigenvalue weighted by atomic mass is 15.3. The van der Waals surface area contributed by atoms with E-state index < -0.39 is 0 Å². The van der Waals surface area contributed by atoms with Crippen molar-refractivity contribution in [2.75, 3.05) is 6.54 Å². The van der Waals surface area contributed by atoms with Crippen LogP contribution in [-0.4, -0.2) is 26.3 Å². The molecule has 0 amide bonds. The van der Waals surface area contributed by atoms with Crippen LogP contribution < -0.4 is 5.32 Å². The molecular formula is C15H23N5. The highest BCUT2D eigenvalue weighted by Gasteiger charge is 2.15. The van der Waals surface area contributed by atoms with Crippen molar-refractivity contribution in [1.82, 2.24) is 25.1 Å². The Labute approximate surface area is 120 Å². The van der Waals surface area contributed by atoms with Gasteiger partial charge in [0.15, 0.2) is 0 Å². The summed E-state index contributed by atoms with van der Waals surface area (Å²) in [7, 11) is 0. The summed E-state index contributed by atoms with van der Waals surface area (Å²) >= 11 is 0. The van der Waals surface area contributed by atoms with Gasteiger partial charge in [-0.2, -0.15) is 5.10 Å². The van der Waals surface area contributed by atoms with Gasteiger partial charge in [0, 0.05) is 31.4 Å². The molecule has 0 radical (unpaired) electrons. The van der Waals surface area contributed by atoms with Crippen LogP contribution in [0.3, 0.4) is 0 Å². The number of nitrogens with zero attached hydrogens (tertiary/aromatic N) is 4. The number of hydrogen-bond donors (Lipinski definition) is 1. The summed E-state index contributed by atoms with van der Waals surface area (Å²) in [5, 5.41) is 7.88. The van der Waals surface area contributed by atoms with E-state index in [0.717, 1.165) is 38.2 Å². The maximum Gasteiger partial charge on any atom is 0.138 e. The second-order valence-corrected chi connectivity index (χ2v) is 4.89. The largest absolute Gasteiger partial charge is 0.310 e. The van der Waals surface area contributed by atoms with Gasteiger partial charge < -0.3 is 5.32 Å². The van der Waals surface area contributed by atoms with Gasteiger partial charge >= 0.3 is 0 Å². The minimum atomic E-state index is 0.262. The standard InChI is InChI=1S/C15H23N5/c1-3-7-17-14(13-5-8-16-9-6-13)11-15-18-12-19-20(15)10-4-2/h5-6,8-9,12,14,17H,3-4,7,10-11H2,1-2H3. The lowest BCUT2D eigenvalue weighted by atomic mass is 10.0. The summed E-state index contributed by atoms with van der Waals surface area (Å²) in [6, 6.07) is 4.39. The third-order valence-electron chi connectivity index (χ3n) is 3.27. The Bertz CT molecular complexity index is 494. The van der Waals surface area contributed by atoms with Gasteiger partial charge in [0.05, 0.1) is 0 Å². The molecule has 0 spiro atoms. The Balaban J connectivity index is 2.13. The first-order valence-corrected chi connectivity index (χ1v) is 7.35. The number of nitrogens with one attached hydrogen (secondary N) is 1. The summed E-state index contributed by atoms with van der Waals surface area (Å²) in [5.74, 6) is 1.04. The highest BCUT2D eigenvalue weighted by molar-refractivity contribution is 5.16. The zero-order chi connectivity index (χ0) is 14.2. The Hall–Kier alpha value is -1.75. The Morgan fingerprint density at radius 3 is 2.70 bits per heavy atom. The molecule has 0 aliphatic rings. The van der Waals surface area contributed by atoms with E-state index in [-0.39, 0.29) is 6.04 Å². The first kappa shape index (κ1) is 14.7. The van der Waals surface area contributed by atoms with E-state index in [9.17, 15) is 0 Å². The molecule has 0 fully saturated rings. The average Bonchev–Trinajstić information content (AvgIpc) is 2.92. The lowest BCUT2D eigenvalue weighted by molar-refractivity contribution is 0.488. The number of hydrogen-bond acceptors (Lipinski definition) is 4. The average molecular weight is 273 g/mol. The normalized spacial score (nSPS) is 12.5. The van der Waals surface area contributed by atoms with E-state index in [0.29, 0.717) is 0 Å². The van der Waals surface area contributed by atoms with Gasteiger partial charge in [0.1, 0.15) is 12.2 Å². The van der Waals surface area contributed by atoms with Crippen molar-refractivity contribution in [2.45, 2.75) is 45.7 Å². The topological polar surface area (TPSA) is 55.6 Å². The zero-order valence-corrected chi connectivity index (χ0v) is 12.3. The molecule has 0 saturated carbocycles. The molecule has 0 bridgehead atoms. The monoisotopic (exact) mass is 273 g/mol. The molecule has 0 aromatic carbocycles. The first-order valence-electron chi connectivity index (χ1n) is 7.35. The SMILES string of the molecule is CCCNC(Cc1ncnn1CCC)c1ccncc1. The molecule has 2 rings (SSSR count). The second-order valence-electron chi connectivity index (χ2n) is 4.89. The predicted octanol–water partition coefficient (Wildman–Crippen LogP) is 2.37. The fraction of sp³-hybridized carbons (Fsp3) is 0.533. The molecule has 0 aliphatic heterocycles. The molecule has 108 valence electrons. The van der Waals surface area contributed by atoms with E-state index in [1.54, 1.807) is 6.33 Å². The number of pyridine rings is 1. The molecule has 0 aliphatic carbocycles. The van der Waals surface area contributed by atoms with Crippen LogP contribution >= 0.6 is 0 Å². The van der Waals surface area contributed by atoms with Crippen LogP contribution in [0.2, 0.25) is 0 Å². The van der Waals surface area contributed by atoms with Gasteiger partial charge in [-0.3, -0.25) is 9.67 Å². The minimum Gasteiger partial charge on any atom is -0.310 e. The number of aryl methyl sites for hydroxylation is 1. The van der Waals surface area contributed by atoms with Crippen molar-refractivity contribution >= 4 is 0 Å². The van der Waals surface area contributed by atoms with Crippen LogP contribution in [-0.2, 0) is 13.0 Å². The van der Waals surface area contributed by atoms with Crippen molar-refractivity contribution in [3.8, 4) is 0 Å². The first-order chi connectivity index (χ1) is 9.85. The van der Waals surface area contributed by atoms with Gasteiger partial charge in [0.25, 0.3) is 0 Å². The Kier molecular flexibility index (Phi) is 5.68. The fourth-order valence-electron chi connectivity index (χ4n) is 2.25. The maximum atomic E-state index is 4.40. The van der Waals surface area contributed by atoms with Crippen molar-refractivity contribution < 1.29 is 0 Å². The molecule has 0 saturated heterocycles. The Morgan fingerprint density at radius 1 is 1.20 bits per heavy atom. The summed E-state index contributed by atoms with van der Waals surface area (Å²) in [6.07, 6.45) is 8.36. The number of aromatic nitrogens is 4. The van der Waals surface area contributed by atoms with Crippen molar-refractivity contribution in [3.63, 3.8) is 0 Å². The third-order valence-corrected chi connectivity index (χ3v) is 3.27. The van der Waals surface area contributed by atoms with Gasteiger partial charge in [-0.1, -0.05) is 13.8 Å². The van der Waals surface area contributed by atoms with Gasteiger partial charge in [-0.25, -0.2) is 4.98 Å². The lowest BCUT2D eigenvalue weighted by Gasteiger charge is -2.18. The van der Waals surface area contributed by atoms with Crippen LogP contribution in [0.5, 0.6) is 0 Å². The van der Waals surface area contributed by atoms with Crippen molar-refractivity contribution in [2.24, 2.45) is 0 Å². The molecule has 2 aromatic rings. The maximum absolute atomic E-state index is 4.40. The second kappa shape index (κ2) is 7.75. The zero-order valence-electron chi connectivity index (χ0n) is 12.3. The Morgan fingerprint density at radius 2 is 2.00 bits per heavy atom. The van der Waals surface area contributed by atoms with Crippen LogP contribution in [0.25, 0.3) is 0 Å². The van der Waals surface area contributed by atoms with Crippen molar-refractivity contribution in [3.05, 3.63) is 42.2 Å². The fourth-order valence-corrected chi connectivity index (χ4v) is 2.25. The molecule has 1 unspecified atom stereocenters. The van der Waals surface area contributed by atoms with Crippen LogP contribution in [0, 0.1) is 0 Å². The van der Waals surface area contributed by atoms with E-state index in [1.165, 1.54) is 5.56 Å². The quantitative estimate of drug-likeness (QED) is 0.802. The van der Waals surface area contributed by atoms with Gasteiger partial charge in [-0.05, 0) is 37.1 Å². The summed E-state index contributed by atoms with van der Waals surface area (Å²) in [6.45, 7) is 6.25. The summed E-state index contributed by atoms with van der Waals surface area (Å²) in [4.78, 5) is 8.50. The lowest BCUT2D eigenvalue weighted by Crippen LogP contribution is -2.25. The highest BCUT2D eigenvalue weighted by Crippen LogP contribution is 2.16. The molecular weight excluding hydrogens is 250 g/mol. The van der Waals surface area contributed by atoms with E-state index in [1.807, 2.05) is 17.1 Å². The number of rotatable bonds is 8. The third kappa shape index (κ3) is 3.87. The molecule has 2 aromatic heterocycles. The molecule has 20 heavy (non-hydrogen) atoms. The minimum absolute atomic E-state index is 0.262. The summed E-state index contributed by atoms with van der Waals surface area (Å²) < 4.78 is 2.00. The molecule has 2 heterocycles. The van der Waals surface area contributed by atoms with Crippen LogP contribution in [0.1, 0.15) is 44.1 Å². The van der Waals surface area contributed by atoms with Gasteiger partial charge in [-0.15, -0.1) is 0 Å². The smallest absolute Gasteiger partial charge is 0.138 e. The van der Waals surface area contributed by atoms with Gasteiger partial charge in [0.2, 0.25) is 0 Å². The molecule has 5 heteroatoms. The molecule has 1 N–H and O–H groups in total. The predicted molar refractivity (Wildman–Crippen MR) is 79.3 cm³/mol. The summed E-state index contributed by atoms with van der Waals surface area (Å²) in [5.41, 5.74) is 1.25. The van der Waals surface area contributed by atoms with Crippen molar-refractivity contribution in [1.29, 1.82) is 0 Å². The van der Waals surface area contributed by atoms with Crippen LogP contribution in [0.4, 0.5) is 0 Å². The van der Waals surface area contributed by atoms with E-state index >= 15 is 0 Å².